The maximum absolute atomic E-state index is 12.5. The van der Waals surface area contributed by atoms with Gasteiger partial charge in [-0.05, 0) is 25.0 Å². The molecule has 2 nitrogen and oxygen atoms in total. The Morgan fingerprint density at radius 3 is 2.92 bits per heavy atom. The number of hydrogen-bond acceptors (Lipinski definition) is 2. The number of pyridine rings is 1. The van der Waals surface area contributed by atoms with Crippen LogP contribution < -0.4 is 5.73 Å². The van der Waals surface area contributed by atoms with Crippen molar-refractivity contribution in [2.24, 2.45) is 5.73 Å². The first-order chi connectivity index (χ1) is 6.24. The Kier molecular flexibility index (Phi) is 3.58. The van der Waals surface area contributed by atoms with Crippen molar-refractivity contribution < 1.29 is 4.39 Å². The highest BCUT2D eigenvalue weighted by Crippen LogP contribution is 2.13. The quantitative estimate of drug-likeness (QED) is 0.721. The van der Waals surface area contributed by atoms with E-state index < -0.39 is 0 Å². The molecule has 0 aliphatic heterocycles. The molecule has 70 valence electrons. The smallest absolute Gasteiger partial charge is 0.141 e. The zero-order chi connectivity index (χ0) is 9.68. The molecular weight excluding hydrogens is 167 g/mol. The van der Waals surface area contributed by atoms with Crippen LogP contribution in [-0.2, 0) is 0 Å². The number of rotatable bonds is 4. The second kappa shape index (κ2) is 4.72. The van der Waals surface area contributed by atoms with Gasteiger partial charge in [0.1, 0.15) is 5.82 Å². The summed E-state index contributed by atoms with van der Waals surface area (Å²) in [6.07, 6.45) is 4.63. The molecule has 1 aromatic heterocycles. The van der Waals surface area contributed by atoms with Gasteiger partial charge in [-0.2, -0.15) is 0 Å². The van der Waals surface area contributed by atoms with Gasteiger partial charge in [0.2, 0.25) is 0 Å². The van der Waals surface area contributed by atoms with Crippen LogP contribution in [0.2, 0.25) is 0 Å². The summed E-state index contributed by atoms with van der Waals surface area (Å²) in [5.41, 5.74) is 6.52. The Morgan fingerprint density at radius 1 is 1.62 bits per heavy atom. The first kappa shape index (κ1) is 9.86. The van der Waals surface area contributed by atoms with E-state index >= 15 is 0 Å². The molecule has 0 aliphatic carbocycles. The van der Waals surface area contributed by atoms with Gasteiger partial charge >= 0.3 is 0 Å². The molecule has 1 aromatic rings. The van der Waals surface area contributed by atoms with Gasteiger partial charge in [-0.25, -0.2) is 4.39 Å². The van der Waals surface area contributed by atoms with Crippen molar-refractivity contribution in [3.63, 3.8) is 0 Å². The van der Waals surface area contributed by atoms with Crippen LogP contribution in [0.1, 0.15) is 24.6 Å². The fourth-order valence-corrected chi connectivity index (χ4v) is 1.05. The van der Waals surface area contributed by atoms with Crippen molar-refractivity contribution in [3.05, 3.63) is 42.5 Å². The van der Waals surface area contributed by atoms with Gasteiger partial charge in [0.25, 0.3) is 0 Å². The monoisotopic (exact) mass is 180 g/mol. The molecule has 0 saturated carbocycles. The normalized spacial score (nSPS) is 12.5. The Labute approximate surface area is 77.3 Å². The standard InChI is InChI=1S/C10H13FN2/c1-2-3-4-9(12)10-6-5-8(11)7-13-10/h2,5-7,9H,1,3-4,12H2. The van der Waals surface area contributed by atoms with E-state index in [0.29, 0.717) is 0 Å². The molecule has 0 spiro atoms. The zero-order valence-electron chi connectivity index (χ0n) is 7.41. The van der Waals surface area contributed by atoms with Crippen LogP contribution in [0.4, 0.5) is 4.39 Å². The van der Waals surface area contributed by atoms with E-state index in [1.165, 1.54) is 12.3 Å². The lowest BCUT2D eigenvalue weighted by Crippen LogP contribution is -2.11. The van der Waals surface area contributed by atoms with Crippen LogP contribution in [0.3, 0.4) is 0 Å². The number of aromatic nitrogens is 1. The third kappa shape index (κ3) is 2.95. The van der Waals surface area contributed by atoms with Gasteiger partial charge in [-0.1, -0.05) is 6.08 Å². The lowest BCUT2D eigenvalue weighted by molar-refractivity contribution is 0.603. The maximum atomic E-state index is 12.5. The second-order valence-corrected chi connectivity index (χ2v) is 2.87. The van der Waals surface area contributed by atoms with E-state index in [4.69, 9.17) is 5.73 Å². The van der Waals surface area contributed by atoms with Crippen molar-refractivity contribution in [1.29, 1.82) is 0 Å². The molecule has 0 saturated heterocycles. The van der Waals surface area contributed by atoms with Gasteiger partial charge in [0, 0.05) is 6.04 Å². The Balaban J connectivity index is 2.60. The molecule has 13 heavy (non-hydrogen) atoms. The maximum Gasteiger partial charge on any atom is 0.141 e. The average molecular weight is 180 g/mol. The van der Waals surface area contributed by atoms with Gasteiger partial charge in [0.05, 0.1) is 11.9 Å². The van der Waals surface area contributed by atoms with Gasteiger partial charge < -0.3 is 5.73 Å². The minimum Gasteiger partial charge on any atom is -0.323 e. The molecule has 0 fully saturated rings. The summed E-state index contributed by atoms with van der Waals surface area (Å²) in [7, 11) is 0. The predicted molar refractivity (Wildman–Crippen MR) is 50.6 cm³/mol. The molecule has 0 aromatic carbocycles. The van der Waals surface area contributed by atoms with Crippen LogP contribution in [-0.4, -0.2) is 4.98 Å². The van der Waals surface area contributed by atoms with Gasteiger partial charge in [0.15, 0.2) is 0 Å². The molecule has 0 bridgehead atoms. The summed E-state index contributed by atoms with van der Waals surface area (Å²) in [6.45, 7) is 3.60. The lowest BCUT2D eigenvalue weighted by atomic mass is 10.1. The molecule has 1 rings (SSSR count). The van der Waals surface area contributed by atoms with Crippen molar-refractivity contribution in [1.82, 2.24) is 4.98 Å². The molecule has 1 atom stereocenters. The highest BCUT2D eigenvalue weighted by Gasteiger charge is 2.05. The summed E-state index contributed by atoms with van der Waals surface area (Å²) in [6, 6.07) is 2.86. The number of hydrogen-bond donors (Lipinski definition) is 1. The summed E-state index contributed by atoms with van der Waals surface area (Å²) in [5.74, 6) is -0.334. The number of allylic oxidation sites excluding steroid dienone is 1. The number of nitrogens with two attached hydrogens (primary N) is 1. The van der Waals surface area contributed by atoms with E-state index in [1.54, 1.807) is 6.07 Å². The van der Waals surface area contributed by atoms with E-state index in [1.807, 2.05) is 6.08 Å². The molecule has 0 aliphatic rings. The summed E-state index contributed by atoms with van der Waals surface area (Å²) < 4.78 is 12.5. The van der Waals surface area contributed by atoms with Gasteiger partial charge in [-0.15, -0.1) is 6.58 Å². The van der Waals surface area contributed by atoms with Crippen molar-refractivity contribution in [2.45, 2.75) is 18.9 Å². The molecule has 1 heterocycles. The fraction of sp³-hybridized carbons (Fsp3) is 0.300. The highest BCUT2D eigenvalue weighted by atomic mass is 19.1. The average Bonchev–Trinajstić information content (AvgIpc) is 2.15. The molecule has 2 N–H and O–H groups in total. The number of nitrogens with zero attached hydrogens (tertiary/aromatic N) is 1. The first-order valence-electron chi connectivity index (χ1n) is 4.22. The second-order valence-electron chi connectivity index (χ2n) is 2.87. The molecule has 0 radical (unpaired) electrons. The fourth-order valence-electron chi connectivity index (χ4n) is 1.05. The molecular formula is C10H13FN2. The largest absolute Gasteiger partial charge is 0.323 e. The van der Waals surface area contributed by atoms with Crippen LogP contribution in [0.25, 0.3) is 0 Å². The minimum atomic E-state index is -0.334. The Bertz CT molecular complexity index is 269. The van der Waals surface area contributed by atoms with Crippen molar-refractivity contribution >= 4 is 0 Å². The van der Waals surface area contributed by atoms with Crippen molar-refractivity contribution in [3.8, 4) is 0 Å². The SMILES string of the molecule is C=CCCC(N)c1ccc(F)cn1. The predicted octanol–water partition coefficient (Wildman–Crippen LogP) is 2.19. The summed E-state index contributed by atoms with van der Waals surface area (Å²) in [4.78, 5) is 3.90. The Morgan fingerprint density at radius 2 is 2.38 bits per heavy atom. The van der Waals surface area contributed by atoms with Crippen LogP contribution in [0, 0.1) is 5.82 Å². The van der Waals surface area contributed by atoms with E-state index in [-0.39, 0.29) is 11.9 Å². The van der Waals surface area contributed by atoms with Crippen LogP contribution >= 0.6 is 0 Å². The van der Waals surface area contributed by atoms with Crippen LogP contribution in [0.15, 0.2) is 31.0 Å². The Hall–Kier alpha value is -1.22. The van der Waals surface area contributed by atoms with E-state index in [0.717, 1.165) is 18.5 Å². The minimum absolute atomic E-state index is 0.126. The molecule has 0 amide bonds. The topological polar surface area (TPSA) is 38.9 Å². The zero-order valence-corrected chi connectivity index (χ0v) is 7.41. The summed E-state index contributed by atoms with van der Waals surface area (Å²) in [5, 5.41) is 0. The van der Waals surface area contributed by atoms with Gasteiger partial charge in [-0.3, -0.25) is 4.98 Å². The third-order valence-corrected chi connectivity index (χ3v) is 1.81. The molecule has 1 unspecified atom stereocenters. The van der Waals surface area contributed by atoms with Crippen molar-refractivity contribution in [2.75, 3.05) is 0 Å². The number of halogens is 1. The molecule has 3 heteroatoms. The highest BCUT2D eigenvalue weighted by molar-refractivity contribution is 5.09. The third-order valence-electron chi connectivity index (χ3n) is 1.81. The first-order valence-corrected chi connectivity index (χ1v) is 4.22. The lowest BCUT2D eigenvalue weighted by Gasteiger charge is -2.08. The van der Waals surface area contributed by atoms with E-state index in [9.17, 15) is 4.39 Å². The van der Waals surface area contributed by atoms with Crippen LogP contribution in [0.5, 0.6) is 0 Å². The van der Waals surface area contributed by atoms with E-state index in [2.05, 4.69) is 11.6 Å². The summed E-state index contributed by atoms with van der Waals surface area (Å²) >= 11 is 0.